The Morgan fingerprint density at radius 1 is 0.821 bits per heavy atom. The molecule has 0 aliphatic rings. The summed E-state index contributed by atoms with van der Waals surface area (Å²) < 4.78 is 44.1. The fourth-order valence-corrected chi connectivity index (χ4v) is 3.46. The molecule has 0 aromatic heterocycles. The van der Waals surface area contributed by atoms with Gasteiger partial charge in [-0.2, -0.15) is 13.2 Å². The van der Waals surface area contributed by atoms with E-state index in [4.69, 9.17) is 4.74 Å². The number of allylic oxidation sites excluding steroid dienone is 11. The lowest BCUT2D eigenvalue weighted by Crippen LogP contribution is -2.35. The highest BCUT2D eigenvalue weighted by Crippen LogP contribution is 2.32. The highest BCUT2D eigenvalue weighted by molar-refractivity contribution is 5.92. The van der Waals surface area contributed by atoms with Crippen molar-refractivity contribution in [3.63, 3.8) is 0 Å². The first-order valence-corrected chi connectivity index (χ1v) is 13.4. The van der Waals surface area contributed by atoms with Gasteiger partial charge in [0.2, 0.25) is 5.91 Å². The van der Waals surface area contributed by atoms with Gasteiger partial charge in [0.1, 0.15) is 0 Å². The number of ether oxygens (including phenoxy) is 1. The highest BCUT2D eigenvalue weighted by Gasteiger charge is 2.35. The molecular weight excluding hydrogens is 503 g/mol. The molecule has 1 atom stereocenters. The molecule has 0 fully saturated rings. The lowest BCUT2D eigenvalue weighted by molar-refractivity contribution is -0.138. The molecule has 0 heterocycles. The second-order valence-corrected chi connectivity index (χ2v) is 8.84. The van der Waals surface area contributed by atoms with Crippen LogP contribution in [0.2, 0.25) is 0 Å². The van der Waals surface area contributed by atoms with Crippen molar-refractivity contribution in [3.05, 3.63) is 108 Å². The molecule has 0 bridgehead atoms. The fraction of sp³-hybridized carbons (Fsp3) is 0.375. The van der Waals surface area contributed by atoms with Gasteiger partial charge in [0.05, 0.1) is 11.1 Å². The van der Waals surface area contributed by atoms with Gasteiger partial charge >= 0.3 is 12.1 Å². The molecule has 1 aromatic carbocycles. The summed E-state index contributed by atoms with van der Waals surface area (Å²) in [7, 11) is 0. The van der Waals surface area contributed by atoms with Crippen LogP contribution in [-0.4, -0.2) is 18.1 Å². The number of amides is 1. The van der Waals surface area contributed by atoms with Crippen molar-refractivity contribution in [1.82, 2.24) is 5.32 Å². The zero-order chi connectivity index (χ0) is 28.8. The van der Waals surface area contributed by atoms with E-state index in [-0.39, 0.29) is 0 Å². The number of esters is 1. The predicted octanol–water partition coefficient (Wildman–Crippen LogP) is 8.80. The number of benzene rings is 1. The van der Waals surface area contributed by atoms with Crippen LogP contribution in [-0.2, 0) is 15.7 Å². The van der Waals surface area contributed by atoms with E-state index in [1.165, 1.54) is 76.2 Å². The average molecular weight is 544 g/mol. The molecule has 0 aliphatic heterocycles. The normalized spacial score (nSPS) is 13.6. The maximum absolute atomic E-state index is 13.1. The van der Waals surface area contributed by atoms with Gasteiger partial charge in [0, 0.05) is 6.08 Å². The Morgan fingerprint density at radius 2 is 1.36 bits per heavy atom. The highest BCUT2D eigenvalue weighted by atomic mass is 19.4. The molecule has 7 heteroatoms. The Morgan fingerprint density at radius 3 is 1.97 bits per heavy atom. The van der Waals surface area contributed by atoms with Crippen LogP contribution in [0.1, 0.15) is 81.1 Å². The molecule has 4 nitrogen and oxygen atoms in total. The van der Waals surface area contributed by atoms with Crippen molar-refractivity contribution in [2.75, 3.05) is 0 Å². The Labute approximate surface area is 230 Å². The lowest BCUT2D eigenvalue weighted by atomic mass is 10.1. The van der Waals surface area contributed by atoms with Crippen LogP contribution in [0.5, 0.6) is 0 Å². The number of hydrogen-bond acceptors (Lipinski definition) is 3. The van der Waals surface area contributed by atoms with Crippen LogP contribution < -0.4 is 5.32 Å². The maximum Gasteiger partial charge on any atom is 0.417 e. The van der Waals surface area contributed by atoms with Gasteiger partial charge < -0.3 is 10.1 Å². The van der Waals surface area contributed by atoms with Crippen LogP contribution >= 0.6 is 0 Å². The van der Waals surface area contributed by atoms with E-state index in [1.54, 1.807) is 18.2 Å². The van der Waals surface area contributed by atoms with Crippen molar-refractivity contribution >= 4 is 11.9 Å². The Hall–Kier alpha value is -3.61. The van der Waals surface area contributed by atoms with E-state index in [9.17, 15) is 22.8 Å². The van der Waals surface area contributed by atoms with Crippen LogP contribution in [0.25, 0.3) is 0 Å². The van der Waals surface area contributed by atoms with Gasteiger partial charge in [-0.05, 0) is 31.9 Å². The van der Waals surface area contributed by atoms with E-state index in [0.717, 1.165) is 18.6 Å². The van der Waals surface area contributed by atoms with Crippen LogP contribution in [0.3, 0.4) is 0 Å². The van der Waals surface area contributed by atoms with E-state index in [2.05, 4.69) is 24.4 Å². The summed E-state index contributed by atoms with van der Waals surface area (Å²) in [6, 6.07) is 4.32. The largest absolute Gasteiger partial charge is 0.438 e. The molecule has 0 saturated carbocycles. The molecule has 1 unspecified atom stereocenters. The average Bonchev–Trinajstić information content (AvgIpc) is 2.89. The third-order valence-electron chi connectivity index (χ3n) is 5.44. The summed E-state index contributed by atoms with van der Waals surface area (Å²) in [6.07, 6.45) is 26.2. The molecule has 0 spiro atoms. The maximum atomic E-state index is 13.1. The third-order valence-corrected chi connectivity index (χ3v) is 5.44. The number of halogens is 3. The number of alkyl halides is 3. The minimum absolute atomic E-state index is 0.557. The summed E-state index contributed by atoms with van der Waals surface area (Å²) in [5.41, 5.74) is -1.71. The number of carbonyl (C=O) groups is 2. The predicted molar refractivity (Wildman–Crippen MR) is 152 cm³/mol. The smallest absolute Gasteiger partial charge is 0.417 e. The van der Waals surface area contributed by atoms with Crippen molar-refractivity contribution < 1.29 is 27.5 Å². The number of unbranched alkanes of at least 4 members (excludes halogenated alkanes) is 7. The zero-order valence-corrected chi connectivity index (χ0v) is 22.8. The van der Waals surface area contributed by atoms with Crippen molar-refractivity contribution in [3.8, 4) is 0 Å². The molecule has 1 amide bonds. The van der Waals surface area contributed by atoms with Gasteiger partial charge in [-0.15, -0.1) is 0 Å². The standard InChI is InChI=1S/C32H40F3NO3/c1-3-4-5-6-7-8-9-10-11-12-13-14-15-16-17-18-19-20-21-26-30(37)36-27(2)39-31(38)28-24-22-23-25-29(28)32(33,34)35/h11-27H,3-10H2,1-2H3,(H,36,37). The Balaban J connectivity index is 2.26. The summed E-state index contributed by atoms with van der Waals surface area (Å²) in [5, 5.41) is 2.37. The molecule has 39 heavy (non-hydrogen) atoms. The van der Waals surface area contributed by atoms with Gasteiger partial charge in [-0.1, -0.05) is 124 Å². The van der Waals surface area contributed by atoms with Gasteiger partial charge in [0.25, 0.3) is 0 Å². The minimum atomic E-state index is -4.69. The molecule has 1 rings (SSSR count). The first-order valence-electron chi connectivity index (χ1n) is 13.4. The summed E-state index contributed by atoms with van der Waals surface area (Å²) >= 11 is 0. The van der Waals surface area contributed by atoms with Gasteiger partial charge in [-0.25, -0.2) is 4.79 Å². The van der Waals surface area contributed by atoms with Crippen molar-refractivity contribution in [2.24, 2.45) is 0 Å². The first kappa shape index (κ1) is 33.4. The molecule has 1 aromatic rings. The Kier molecular flexibility index (Phi) is 17.5. The number of hydrogen-bond donors (Lipinski definition) is 1. The number of rotatable bonds is 17. The number of nitrogens with one attached hydrogen (secondary N) is 1. The van der Waals surface area contributed by atoms with E-state index >= 15 is 0 Å². The topological polar surface area (TPSA) is 55.4 Å². The van der Waals surface area contributed by atoms with Crippen LogP contribution in [0.4, 0.5) is 13.2 Å². The van der Waals surface area contributed by atoms with Crippen LogP contribution in [0.15, 0.2) is 97.2 Å². The van der Waals surface area contributed by atoms with E-state index in [0.29, 0.717) is 0 Å². The molecule has 212 valence electrons. The quantitative estimate of drug-likeness (QED) is 0.0702. The first-order chi connectivity index (χ1) is 18.8. The zero-order valence-electron chi connectivity index (χ0n) is 22.8. The molecule has 0 radical (unpaired) electrons. The molecule has 0 aliphatic carbocycles. The summed E-state index contributed by atoms with van der Waals surface area (Å²) in [5.74, 6) is -1.73. The van der Waals surface area contributed by atoms with Gasteiger partial charge in [0.15, 0.2) is 6.23 Å². The summed E-state index contributed by atoms with van der Waals surface area (Å²) in [6.45, 7) is 3.59. The fourth-order valence-electron chi connectivity index (χ4n) is 3.46. The summed E-state index contributed by atoms with van der Waals surface area (Å²) in [4.78, 5) is 24.1. The third kappa shape index (κ3) is 16.8. The van der Waals surface area contributed by atoms with Crippen LogP contribution in [0, 0.1) is 0 Å². The van der Waals surface area contributed by atoms with Crippen molar-refractivity contribution in [1.29, 1.82) is 0 Å². The van der Waals surface area contributed by atoms with Crippen molar-refractivity contribution in [2.45, 2.75) is 77.6 Å². The van der Waals surface area contributed by atoms with E-state index in [1.807, 2.05) is 30.4 Å². The van der Waals surface area contributed by atoms with E-state index < -0.39 is 35.4 Å². The molecule has 0 saturated heterocycles. The SMILES string of the molecule is CCCCCCCCCC=CC=CC=CC=CC=CC=CC(=O)NC(C)OC(=O)c1ccccc1C(F)(F)F. The molecule has 1 N–H and O–H groups in total. The molecular formula is C32H40F3NO3. The lowest BCUT2D eigenvalue weighted by Gasteiger charge is -2.16. The monoisotopic (exact) mass is 543 g/mol. The second kappa shape index (κ2) is 20.4. The Bertz CT molecular complexity index is 1030. The minimum Gasteiger partial charge on any atom is -0.438 e. The van der Waals surface area contributed by atoms with Gasteiger partial charge in [-0.3, -0.25) is 4.79 Å². The second-order valence-electron chi connectivity index (χ2n) is 8.84. The number of carbonyl (C=O) groups excluding carboxylic acids is 2.